The summed E-state index contributed by atoms with van der Waals surface area (Å²) in [4.78, 5) is 40.6. The highest BCUT2D eigenvalue weighted by Gasteiger charge is 2.36. The minimum atomic E-state index is -1.24. The number of ether oxygens (including phenoxy) is 1. The summed E-state index contributed by atoms with van der Waals surface area (Å²) in [5.74, 6) is -2.80. The number of allylic oxidation sites excluding steroid dienone is 2. The van der Waals surface area contributed by atoms with E-state index in [4.69, 9.17) is 4.74 Å². The van der Waals surface area contributed by atoms with E-state index in [0.29, 0.717) is 6.54 Å². The smallest absolute Gasteiger partial charge is 0.408 e. The van der Waals surface area contributed by atoms with Gasteiger partial charge in [0.15, 0.2) is 5.78 Å². The maximum absolute atomic E-state index is 12.8. The third-order valence-electron chi connectivity index (χ3n) is 4.18. The van der Waals surface area contributed by atoms with E-state index in [2.05, 4.69) is 15.6 Å². The summed E-state index contributed by atoms with van der Waals surface area (Å²) in [5, 5.41) is 14.9. The number of hydrogen-bond acceptors (Lipinski definition) is 6. The monoisotopic (exact) mass is 381 g/mol. The number of alkyl carbamates (subject to hydrolysis) is 1. The van der Waals surface area contributed by atoms with Crippen LogP contribution in [0.3, 0.4) is 0 Å². The number of rotatable bonds is 6. The Morgan fingerprint density at radius 2 is 2.11 bits per heavy atom. The normalized spacial score (nSPS) is 19.1. The second kappa shape index (κ2) is 8.81. The second-order valence-corrected chi connectivity index (χ2v) is 6.11. The average Bonchev–Trinajstić information content (AvgIpc) is 2.71. The van der Waals surface area contributed by atoms with Crippen LogP contribution in [0.1, 0.15) is 5.56 Å². The number of aliphatic imine (C=N–C) groups is 1. The van der Waals surface area contributed by atoms with Crippen LogP contribution in [0.4, 0.5) is 4.79 Å². The first kappa shape index (κ1) is 19.1. The molecule has 8 nitrogen and oxygen atoms in total. The number of carboxylic acids is 1. The van der Waals surface area contributed by atoms with Crippen molar-refractivity contribution in [1.82, 2.24) is 10.6 Å². The molecule has 1 amide bonds. The summed E-state index contributed by atoms with van der Waals surface area (Å²) in [6.07, 6.45) is 6.89. The van der Waals surface area contributed by atoms with Gasteiger partial charge in [-0.15, -0.1) is 0 Å². The number of amidine groups is 1. The molecule has 2 unspecified atom stereocenters. The highest BCUT2D eigenvalue weighted by molar-refractivity contribution is 6.15. The van der Waals surface area contributed by atoms with Crippen molar-refractivity contribution in [3.05, 3.63) is 72.0 Å². The van der Waals surface area contributed by atoms with Gasteiger partial charge in [-0.1, -0.05) is 48.6 Å². The summed E-state index contributed by atoms with van der Waals surface area (Å²) in [5.41, 5.74) is 0.842. The number of aliphatic carboxylic acids is 1. The van der Waals surface area contributed by atoms with Crippen molar-refractivity contribution >= 4 is 23.7 Å². The topological polar surface area (TPSA) is 117 Å². The van der Waals surface area contributed by atoms with Gasteiger partial charge in [-0.05, 0) is 11.6 Å². The number of nitrogens with zero attached hydrogens (tertiary/aromatic N) is 1. The maximum atomic E-state index is 12.8. The minimum absolute atomic E-state index is 0.0323. The zero-order chi connectivity index (χ0) is 19.9. The summed E-state index contributed by atoms with van der Waals surface area (Å²) >= 11 is 0. The molecule has 0 radical (unpaired) electrons. The minimum Gasteiger partial charge on any atom is -0.480 e. The van der Waals surface area contributed by atoms with E-state index in [1.54, 1.807) is 6.08 Å². The molecule has 2 atom stereocenters. The summed E-state index contributed by atoms with van der Waals surface area (Å²) in [7, 11) is 0. The van der Waals surface area contributed by atoms with Gasteiger partial charge < -0.3 is 20.5 Å². The van der Waals surface area contributed by atoms with Gasteiger partial charge in [0.05, 0.1) is 0 Å². The van der Waals surface area contributed by atoms with Crippen LogP contribution in [-0.2, 0) is 20.9 Å². The standard InChI is InChI=1S/C20H19N3O5/c24-17-14(16(19(25)26)18-21-10-5-11-22-18)8-4-9-15(17)23-20(27)28-12-13-6-2-1-3-7-13/h1-10,15-16H,11-12H2,(H,21,22)(H,23,27)(H,25,26). The Labute approximate surface area is 161 Å². The van der Waals surface area contributed by atoms with Crippen LogP contribution < -0.4 is 10.6 Å². The van der Waals surface area contributed by atoms with Gasteiger partial charge in [-0.3, -0.25) is 9.59 Å². The number of carbonyl (C=O) groups excluding carboxylic acids is 2. The van der Waals surface area contributed by atoms with Crippen molar-refractivity contribution in [2.24, 2.45) is 10.9 Å². The van der Waals surface area contributed by atoms with Crippen LogP contribution in [0.2, 0.25) is 0 Å². The molecule has 0 bridgehead atoms. The van der Waals surface area contributed by atoms with E-state index < -0.39 is 29.8 Å². The molecule has 1 heterocycles. The van der Waals surface area contributed by atoms with Crippen LogP contribution >= 0.6 is 0 Å². The van der Waals surface area contributed by atoms with Gasteiger partial charge in [0.25, 0.3) is 0 Å². The van der Waals surface area contributed by atoms with Crippen molar-refractivity contribution in [1.29, 1.82) is 0 Å². The predicted molar refractivity (Wildman–Crippen MR) is 101 cm³/mol. The lowest BCUT2D eigenvalue weighted by Crippen LogP contribution is -2.46. The Balaban J connectivity index is 1.66. The lowest BCUT2D eigenvalue weighted by Gasteiger charge is -2.24. The number of Topliss-reactive ketones (excluding diaryl/α,β-unsaturated/α-hetero) is 1. The third-order valence-corrected chi connectivity index (χ3v) is 4.18. The quantitative estimate of drug-likeness (QED) is 0.688. The van der Waals surface area contributed by atoms with Gasteiger partial charge >= 0.3 is 12.1 Å². The van der Waals surface area contributed by atoms with Gasteiger partial charge in [-0.25, -0.2) is 9.79 Å². The molecule has 1 aliphatic heterocycles. The van der Waals surface area contributed by atoms with Crippen LogP contribution in [0, 0.1) is 5.92 Å². The molecule has 28 heavy (non-hydrogen) atoms. The van der Waals surface area contributed by atoms with Crippen LogP contribution in [0.15, 0.2) is 71.4 Å². The lowest BCUT2D eigenvalue weighted by molar-refractivity contribution is -0.139. The van der Waals surface area contributed by atoms with Crippen LogP contribution in [-0.4, -0.2) is 41.4 Å². The molecular formula is C20H19N3O5. The van der Waals surface area contributed by atoms with Crippen molar-refractivity contribution in [2.75, 3.05) is 6.54 Å². The molecule has 1 aliphatic carbocycles. The van der Waals surface area contributed by atoms with Crippen molar-refractivity contribution in [3.63, 3.8) is 0 Å². The van der Waals surface area contributed by atoms with Gasteiger partial charge in [0.1, 0.15) is 24.4 Å². The molecule has 0 aromatic heterocycles. The zero-order valence-corrected chi connectivity index (χ0v) is 14.9. The zero-order valence-electron chi connectivity index (χ0n) is 14.9. The van der Waals surface area contributed by atoms with E-state index in [9.17, 15) is 19.5 Å². The molecule has 0 spiro atoms. The van der Waals surface area contributed by atoms with E-state index in [-0.39, 0.29) is 18.0 Å². The number of amides is 1. The number of ketones is 1. The molecule has 8 heteroatoms. The molecule has 3 N–H and O–H groups in total. The molecule has 144 valence electrons. The molecule has 0 saturated carbocycles. The number of nitrogens with one attached hydrogen (secondary N) is 2. The fourth-order valence-electron chi connectivity index (χ4n) is 2.83. The van der Waals surface area contributed by atoms with Gasteiger partial charge in [0.2, 0.25) is 0 Å². The largest absolute Gasteiger partial charge is 0.480 e. The fourth-order valence-corrected chi connectivity index (χ4v) is 2.83. The van der Waals surface area contributed by atoms with Gasteiger partial charge in [-0.2, -0.15) is 0 Å². The first-order chi connectivity index (χ1) is 13.6. The Kier molecular flexibility index (Phi) is 6.01. The average molecular weight is 381 g/mol. The Hall–Kier alpha value is -3.68. The van der Waals surface area contributed by atoms with Crippen LogP contribution in [0.25, 0.3) is 0 Å². The first-order valence-electron chi connectivity index (χ1n) is 8.65. The number of carboxylic acid groups (broad SMARTS) is 1. The van der Waals surface area contributed by atoms with Crippen LogP contribution in [0.5, 0.6) is 0 Å². The maximum Gasteiger partial charge on any atom is 0.408 e. The van der Waals surface area contributed by atoms with E-state index in [0.717, 1.165) is 5.56 Å². The molecule has 1 aromatic carbocycles. The third kappa shape index (κ3) is 4.53. The molecular weight excluding hydrogens is 362 g/mol. The summed E-state index contributed by atoms with van der Waals surface area (Å²) in [6.45, 7) is 0.484. The van der Waals surface area contributed by atoms with E-state index >= 15 is 0 Å². The van der Waals surface area contributed by atoms with Crippen molar-refractivity contribution < 1.29 is 24.2 Å². The summed E-state index contributed by atoms with van der Waals surface area (Å²) in [6, 6.07) is 8.11. The molecule has 3 rings (SSSR count). The molecule has 0 saturated heterocycles. The first-order valence-corrected chi connectivity index (χ1v) is 8.65. The second-order valence-electron chi connectivity index (χ2n) is 6.11. The van der Waals surface area contributed by atoms with Crippen molar-refractivity contribution in [3.8, 4) is 0 Å². The Morgan fingerprint density at radius 3 is 2.79 bits per heavy atom. The number of hydrogen-bond donors (Lipinski definition) is 3. The molecule has 1 aromatic rings. The molecule has 0 fully saturated rings. The fraction of sp³-hybridized carbons (Fsp3) is 0.200. The highest BCUT2D eigenvalue weighted by atomic mass is 16.5. The van der Waals surface area contributed by atoms with Crippen molar-refractivity contribution in [2.45, 2.75) is 12.6 Å². The number of benzene rings is 1. The predicted octanol–water partition coefficient (Wildman–Crippen LogP) is 1.56. The molecule has 2 aliphatic rings. The van der Waals surface area contributed by atoms with Gasteiger partial charge in [0, 0.05) is 18.3 Å². The highest BCUT2D eigenvalue weighted by Crippen LogP contribution is 2.21. The van der Waals surface area contributed by atoms with E-state index in [1.807, 2.05) is 30.3 Å². The Morgan fingerprint density at radius 1 is 1.32 bits per heavy atom. The lowest BCUT2D eigenvalue weighted by atomic mass is 9.87. The SMILES string of the molecule is O=C(NC1C=CC=C(C(C(=O)O)C2=NC=CCN2)C1=O)OCc1ccccc1. The van der Waals surface area contributed by atoms with E-state index in [1.165, 1.54) is 24.4 Å². The summed E-state index contributed by atoms with van der Waals surface area (Å²) < 4.78 is 5.12. The Bertz CT molecular complexity index is 886. The number of carbonyl (C=O) groups is 3.